The number of nitrogens with zero attached hydrogens (tertiary/aromatic N) is 3. The van der Waals surface area contributed by atoms with E-state index in [4.69, 9.17) is 25.8 Å². The molecule has 4 heterocycles. The van der Waals surface area contributed by atoms with Gasteiger partial charge in [-0.15, -0.1) is 0 Å². The molecule has 290 valence electrons. The summed E-state index contributed by atoms with van der Waals surface area (Å²) < 4.78 is 48.3. The molecule has 3 fully saturated rings. The van der Waals surface area contributed by atoms with Gasteiger partial charge in [-0.25, -0.2) is 13.1 Å². The monoisotopic (exact) mass is 768 g/mol. The van der Waals surface area contributed by atoms with Crippen LogP contribution in [0.1, 0.15) is 67.9 Å². The number of carbonyl (C=O) groups is 1. The zero-order valence-corrected chi connectivity index (χ0v) is 33.2. The molecule has 2 bridgehead atoms. The van der Waals surface area contributed by atoms with Crippen LogP contribution in [0.3, 0.4) is 0 Å². The number of benzene rings is 2. The summed E-state index contributed by atoms with van der Waals surface area (Å²) in [6.45, 7) is 15.1. The lowest BCUT2D eigenvalue weighted by atomic mass is 9.63. The minimum Gasteiger partial charge on any atom is -0.487 e. The SMILES string of the molecule is CCO[C@]1(CN2CCN(C3COC3)CC2)/C=C/[C@H](C)[C@H](C)CS(=O)(=O)NC(=O)c2ccc3c(c2)N(CCCCc2cc(Cl)ccc2CO3)C[C@@H]2CC[C@H]21. The maximum absolute atomic E-state index is 13.6. The number of allylic oxidation sites excluding steroid dienone is 1. The number of hydrogen-bond donors (Lipinski definition) is 1. The highest BCUT2D eigenvalue weighted by atomic mass is 35.5. The van der Waals surface area contributed by atoms with E-state index in [-0.39, 0.29) is 23.5 Å². The molecule has 0 aromatic heterocycles. The Morgan fingerprint density at radius 2 is 1.81 bits per heavy atom. The van der Waals surface area contributed by atoms with E-state index in [1.165, 1.54) is 5.56 Å². The van der Waals surface area contributed by atoms with E-state index in [0.717, 1.165) is 107 Å². The maximum atomic E-state index is 13.6. The minimum absolute atomic E-state index is 0.0450. The highest BCUT2D eigenvalue weighted by Gasteiger charge is 2.49. The second-order valence-corrected chi connectivity index (χ2v) is 18.2. The van der Waals surface area contributed by atoms with Gasteiger partial charge < -0.3 is 19.1 Å². The Balaban J connectivity index is 1.24. The van der Waals surface area contributed by atoms with Crippen LogP contribution in [0.4, 0.5) is 5.69 Å². The van der Waals surface area contributed by atoms with Crippen molar-refractivity contribution in [2.45, 2.75) is 71.1 Å². The van der Waals surface area contributed by atoms with E-state index in [1.54, 1.807) is 6.07 Å². The van der Waals surface area contributed by atoms with Crippen molar-refractivity contribution in [2.75, 3.05) is 76.3 Å². The van der Waals surface area contributed by atoms with Gasteiger partial charge in [0.15, 0.2) is 0 Å². The molecule has 7 rings (SSSR count). The predicted molar refractivity (Wildman–Crippen MR) is 209 cm³/mol. The number of rotatable bonds is 5. The number of aryl methyl sites for hydroxylation is 1. The summed E-state index contributed by atoms with van der Waals surface area (Å²) in [4.78, 5) is 21.1. The highest BCUT2D eigenvalue weighted by molar-refractivity contribution is 7.90. The Hall–Kier alpha value is -2.67. The molecule has 2 aromatic rings. The summed E-state index contributed by atoms with van der Waals surface area (Å²) in [6, 6.07) is 11.8. The number of carbonyl (C=O) groups excluding carboxylic acids is 1. The Morgan fingerprint density at radius 1 is 1.00 bits per heavy atom. The summed E-state index contributed by atoms with van der Waals surface area (Å²) in [7, 11) is -3.91. The minimum atomic E-state index is -3.91. The first-order valence-electron chi connectivity index (χ1n) is 19.7. The summed E-state index contributed by atoms with van der Waals surface area (Å²) in [6.07, 6.45) is 9.44. The van der Waals surface area contributed by atoms with E-state index in [0.29, 0.717) is 36.5 Å². The smallest absolute Gasteiger partial charge is 0.264 e. The number of nitrogens with one attached hydrogen (secondary N) is 1. The van der Waals surface area contributed by atoms with E-state index in [1.807, 2.05) is 37.3 Å². The lowest BCUT2D eigenvalue weighted by Gasteiger charge is -2.52. The molecule has 1 aliphatic carbocycles. The van der Waals surface area contributed by atoms with Crippen LogP contribution in [0.25, 0.3) is 0 Å². The van der Waals surface area contributed by atoms with Crippen LogP contribution in [0.2, 0.25) is 5.02 Å². The Morgan fingerprint density at radius 3 is 2.53 bits per heavy atom. The van der Waals surface area contributed by atoms with Crippen molar-refractivity contribution >= 4 is 33.2 Å². The topological polar surface area (TPSA) is 101 Å². The first-order chi connectivity index (χ1) is 25.5. The number of anilines is 1. The number of fused-ring (bicyclic) bond motifs is 3. The van der Waals surface area contributed by atoms with E-state index < -0.39 is 21.5 Å². The quantitative estimate of drug-likeness (QED) is 0.380. The second-order valence-electron chi connectivity index (χ2n) is 16.0. The van der Waals surface area contributed by atoms with Crippen LogP contribution in [-0.2, 0) is 32.5 Å². The summed E-state index contributed by atoms with van der Waals surface area (Å²) in [5.41, 5.74) is 2.89. The Labute approximate surface area is 321 Å². The van der Waals surface area contributed by atoms with Gasteiger partial charge in [0.05, 0.1) is 30.7 Å². The molecule has 1 amide bonds. The molecule has 4 aliphatic heterocycles. The van der Waals surface area contributed by atoms with E-state index >= 15 is 0 Å². The standard InChI is InChI=1S/C41H57ClN4O6S/c1-4-52-41(28-44-17-19-45(20-18-44)36-25-50-26-36)15-14-29(2)30(3)27-53(48,49)43-40(47)32-10-13-39-38(22-32)46(23-33-9-12-37(33)41)16-6-5-7-31-21-35(42)11-8-34(31)24-51-39/h8,10-11,13-15,21-22,29-30,33,36-37H,4-7,9,12,16-20,23-28H2,1-3H3,(H,43,47)/b15-14+/t29-,30+,33-,37+,41-/m0/s1. The molecule has 12 heteroatoms. The van der Waals surface area contributed by atoms with Gasteiger partial charge in [0, 0.05) is 63.0 Å². The van der Waals surface area contributed by atoms with Crippen molar-refractivity contribution in [1.82, 2.24) is 14.5 Å². The third-order valence-corrected chi connectivity index (χ3v) is 14.2. The molecule has 0 unspecified atom stereocenters. The normalized spacial score (nSPS) is 31.0. The molecule has 10 nitrogen and oxygen atoms in total. The van der Waals surface area contributed by atoms with Crippen molar-refractivity contribution in [3.05, 3.63) is 70.3 Å². The average molecular weight is 769 g/mol. The zero-order valence-electron chi connectivity index (χ0n) is 31.6. The van der Waals surface area contributed by atoms with Crippen LogP contribution in [0.15, 0.2) is 48.6 Å². The van der Waals surface area contributed by atoms with Gasteiger partial charge in [-0.3, -0.25) is 14.6 Å². The molecule has 53 heavy (non-hydrogen) atoms. The molecule has 2 saturated heterocycles. The van der Waals surface area contributed by atoms with Crippen molar-refractivity contribution in [1.29, 1.82) is 0 Å². The Kier molecular flexibility index (Phi) is 12.1. The average Bonchev–Trinajstić information content (AvgIpc) is 3.11. The molecule has 5 aliphatic rings. The van der Waals surface area contributed by atoms with Gasteiger partial charge >= 0.3 is 0 Å². The van der Waals surface area contributed by atoms with Crippen molar-refractivity contribution in [3.63, 3.8) is 0 Å². The maximum Gasteiger partial charge on any atom is 0.264 e. The lowest BCUT2D eigenvalue weighted by Crippen LogP contribution is -2.61. The zero-order chi connectivity index (χ0) is 37.2. The summed E-state index contributed by atoms with van der Waals surface area (Å²) >= 11 is 6.41. The van der Waals surface area contributed by atoms with Crippen LogP contribution >= 0.6 is 11.6 Å². The van der Waals surface area contributed by atoms with Gasteiger partial charge in [-0.2, -0.15) is 0 Å². The van der Waals surface area contributed by atoms with Gasteiger partial charge in [0.1, 0.15) is 18.0 Å². The van der Waals surface area contributed by atoms with Crippen LogP contribution in [0, 0.1) is 23.7 Å². The first-order valence-corrected chi connectivity index (χ1v) is 21.8. The fourth-order valence-electron chi connectivity index (χ4n) is 8.87. The third-order valence-electron chi connectivity index (χ3n) is 12.5. The van der Waals surface area contributed by atoms with Crippen LogP contribution < -0.4 is 14.4 Å². The molecule has 5 atom stereocenters. The first kappa shape index (κ1) is 38.6. The molecule has 1 saturated carbocycles. The van der Waals surface area contributed by atoms with Crippen LogP contribution in [0.5, 0.6) is 5.75 Å². The van der Waals surface area contributed by atoms with Gasteiger partial charge in [0.25, 0.3) is 5.91 Å². The van der Waals surface area contributed by atoms with Crippen LogP contribution in [-0.4, -0.2) is 107 Å². The Bertz CT molecular complexity index is 1750. The molecule has 2 aromatic carbocycles. The number of sulfonamides is 1. The summed E-state index contributed by atoms with van der Waals surface area (Å²) in [5.74, 6) is 0.265. The van der Waals surface area contributed by atoms with Gasteiger partial charge in [-0.1, -0.05) is 43.7 Å². The molecular weight excluding hydrogens is 712 g/mol. The molecule has 1 N–H and O–H groups in total. The molecule has 0 radical (unpaired) electrons. The van der Waals surface area contributed by atoms with Gasteiger partial charge in [0.2, 0.25) is 10.0 Å². The molecule has 0 spiro atoms. The number of hydrogen-bond acceptors (Lipinski definition) is 9. The molecular formula is C41H57ClN4O6S. The van der Waals surface area contributed by atoms with Crippen molar-refractivity contribution in [2.24, 2.45) is 23.7 Å². The van der Waals surface area contributed by atoms with E-state index in [9.17, 15) is 13.2 Å². The van der Waals surface area contributed by atoms with Gasteiger partial charge in [-0.05, 0) is 104 Å². The third kappa shape index (κ3) is 8.92. The van der Waals surface area contributed by atoms with Crippen molar-refractivity contribution in [3.8, 4) is 5.75 Å². The number of amides is 1. The second kappa shape index (κ2) is 16.6. The number of halogens is 1. The lowest BCUT2D eigenvalue weighted by molar-refractivity contribution is -0.119. The largest absolute Gasteiger partial charge is 0.487 e. The van der Waals surface area contributed by atoms with E-state index in [2.05, 4.69) is 45.4 Å². The predicted octanol–water partition coefficient (Wildman–Crippen LogP) is 5.78. The summed E-state index contributed by atoms with van der Waals surface area (Å²) in [5, 5.41) is 0.719. The number of piperazine rings is 1. The van der Waals surface area contributed by atoms with Crippen molar-refractivity contribution < 1.29 is 27.4 Å². The fraction of sp³-hybridized carbons (Fsp3) is 0.634. The fourth-order valence-corrected chi connectivity index (χ4v) is 10.5. The highest BCUT2D eigenvalue weighted by Crippen LogP contribution is 2.47. The number of ether oxygens (including phenoxy) is 3.